The van der Waals surface area contributed by atoms with Gasteiger partial charge in [-0.3, -0.25) is 4.79 Å². The van der Waals surface area contributed by atoms with Crippen molar-refractivity contribution in [2.45, 2.75) is 360 Å². The van der Waals surface area contributed by atoms with E-state index in [9.17, 15) is 15.0 Å². The Balaban J connectivity index is 3.55. The van der Waals surface area contributed by atoms with Crippen LogP contribution in [-0.4, -0.2) is 34.9 Å². The molecule has 4 nitrogen and oxygen atoms in total. The molecule has 0 saturated carbocycles. The van der Waals surface area contributed by atoms with Crippen LogP contribution in [0, 0.1) is 0 Å². The van der Waals surface area contributed by atoms with Gasteiger partial charge in [0.05, 0.1) is 18.8 Å². The molecule has 2 unspecified atom stereocenters. The highest BCUT2D eigenvalue weighted by Crippen LogP contribution is 2.18. The monoisotopic (exact) mass is 1160 g/mol. The fourth-order valence-electron chi connectivity index (χ4n) is 10.7. The molecule has 482 valence electrons. The summed E-state index contributed by atoms with van der Waals surface area (Å²) in [5.74, 6) is -0.0432. The summed E-state index contributed by atoms with van der Waals surface area (Å²) in [6, 6.07) is -0.554. The van der Waals surface area contributed by atoms with Crippen LogP contribution in [0.25, 0.3) is 0 Å². The van der Waals surface area contributed by atoms with Crippen molar-refractivity contribution in [2.75, 3.05) is 6.61 Å². The minimum absolute atomic E-state index is 0.0432. The van der Waals surface area contributed by atoms with Gasteiger partial charge in [-0.1, -0.05) is 379 Å². The van der Waals surface area contributed by atoms with E-state index in [1.807, 2.05) is 0 Å². The minimum Gasteiger partial charge on any atom is -0.394 e. The summed E-state index contributed by atoms with van der Waals surface area (Å²) in [5.41, 5.74) is 0. The SMILES string of the molecule is CC/C=C\C/C=C\C/C=C\C/C=C\C/C=C\C/C=C\C/C=C\C/C=C\C/C=C\C/C=C\C/C=C\CCCCCCCCCC(=O)NC(CO)C(O)CCCCCCCCCCCCCCCCCCCCCCCCCCCCCCCCC. The summed E-state index contributed by atoms with van der Waals surface area (Å²) in [6.07, 6.45) is 114. The fourth-order valence-corrected chi connectivity index (χ4v) is 10.7. The number of carbonyl (C=O) groups is 1. The van der Waals surface area contributed by atoms with E-state index in [-0.39, 0.29) is 12.5 Å². The van der Waals surface area contributed by atoms with E-state index in [4.69, 9.17) is 0 Å². The van der Waals surface area contributed by atoms with Crippen LogP contribution in [0.1, 0.15) is 348 Å². The van der Waals surface area contributed by atoms with Gasteiger partial charge in [0, 0.05) is 6.42 Å². The van der Waals surface area contributed by atoms with Crippen molar-refractivity contribution in [1.82, 2.24) is 5.32 Å². The van der Waals surface area contributed by atoms with Gasteiger partial charge in [0.1, 0.15) is 0 Å². The predicted octanol–water partition coefficient (Wildman–Crippen LogP) is 25.3. The van der Waals surface area contributed by atoms with Crippen molar-refractivity contribution in [3.8, 4) is 0 Å². The van der Waals surface area contributed by atoms with Gasteiger partial charge >= 0.3 is 0 Å². The zero-order chi connectivity index (χ0) is 60.5. The lowest BCUT2D eigenvalue weighted by Gasteiger charge is -2.22. The second kappa shape index (κ2) is 73.8. The Bertz CT molecular complexity index is 1650. The maximum atomic E-state index is 12.6. The van der Waals surface area contributed by atoms with Gasteiger partial charge in [0.2, 0.25) is 5.91 Å². The van der Waals surface area contributed by atoms with Gasteiger partial charge in [-0.15, -0.1) is 0 Å². The molecule has 0 aromatic rings. The number of unbranched alkanes of at least 4 members (excludes halogenated alkanes) is 37. The number of aliphatic hydroxyl groups is 2. The zero-order valence-electron chi connectivity index (χ0n) is 55.6. The normalized spacial score (nSPS) is 13.5. The number of hydrogen-bond acceptors (Lipinski definition) is 3. The van der Waals surface area contributed by atoms with Crippen LogP contribution >= 0.6 is 0 Å². The number of amides is 1. The first-order chi connectivity index (χ1) is 41.7. The molecular formula is C80H139NO3. The smallest absolute Gasteiger partial charge is 0.220 e. The first-order valence-electron chi connectivity index (χ1n) is 36.4. The molecule has 4 heteroatoms. The molecule has 1 amide bonds. The van der Waals surface area contributed by atoms with E-state index in [1.165, 1.54) is 212 Å². The van der Waals surface area contributed by atoms with Crippen LogP contribution in [0.3, 0.4) is 0 Å². The van der Waals surface area contributed by atoms with Crippen LogP contribution in [0.2, 0.25) is 0 Å². The van der Waals surface area contributed by atoms with Gasteiger partial charge in [0.15, 0.2) is 0 Å². The van der Waals surface area contributed by atoms with Crippen molar-refractivity contribution in [3.63, 3.8) is 0 Å². The standard InChI is InChI=1S/C80H139NO3/c1-3-5-7-9-11-13-15-17-19-21-23-25-27-29-31-33-35-36-37-38-39-40-41-42-43-44-46-48-50-52-54-56-58-60-62-64-66-68-70-72-74-76-80(84)81-78(77-82)79(83)75-73-71-69-67-65-63-61-59-57-55-53-51-49-47-45-34-32-30-28-26-24-22-20-18-16-14-12-10-8-6-4-2/h5,7,11,13,17,19,23,25,29,31,35-36,38-39,41-42,44,46,50,52,56,58,78-79,82-83H,3-4,6,8-10,12,14-16,18,20-22,24,26-28,30,32-34,37,40,43,45,47-49,51,53-55,57,59-77H2,1-2H3,(H,81,84)/b7-5-,13-11-,19-17-,25-23-,31-29-,36-35-,39-38-,42-41-,46-44-,52-50-,58-56-. The molecule has 0 spiro atoms. The number of rotatable bonds is 66. The number of hydrogen-bond donors (Lipinski definition) is 3. The number of allylic oxidation sites excluding steroid dienone is 22. The molecule has 0 aromatic heterocycles. The van der Waals surface area contributed by atoms with Crippen LogP contribution in [-0.2, 0) is 4.79 Å². The molecule has 0 aliphatic heterocycles. The minimum atomic E-state index is -0.676. The maximum Gasteiger partial charge on any atom is 0.220 e. The average Bonchev–Trinajstić information content (AvgIpc) is 3.51. The molecule has 0 saturated heterocycles. The molecule has 2 atom stereocenters. The maximum absolute atomic E-state index is 12.6. The van der Waals surface area contributed by atoms with E-state index in [0.29, 0.717) is 12.8 Å². The molecule has 0 rings (SSSR count). The number of aliphatic hydroxyl groups excluding tert-OH is 2. The van der Waals surface area contributed by atoms with E-state index >= 15 is 0 Å². The van der Waals surface area contributed by atoms with Crippen LogP contribution in [0.15, 0.2) is 134 Å². The first-order valence-corrected chi connectivity index (χ1v) is 36.4. The van der Waals surface area contributed by atoms with Gasteiger partial charge in [0.25, 0.3) is 0 Å². The van der Waals surface area contributed by atoms with Crippen LogP contribution < -0.4 is 5.32 Å². The quantitative estimate of drug-likeness (QED) is 0.0420. The Morgan fingerprint density at radius 3 is 0.786 bits per heavy atom. The van der Waals surface area contributed by atoms with Crippen LogP contribution in [0.5, 0.6) is 0 Å². The van der Waals surface area contributed by atoms with E-state index in [2.05, 4.69) is 153 Å². The van der Waals surface area contributed by atoms with Crippen molar-refractivity contribution in [1.29, 1.82) is 0 Å². The highest BCUT2D eigenvalue weighted by atomic mass is 16.3. The van der Waals surface area contributed by atoms with Crippen molar-refractivity contribution >= 4 is 5.91 Å². The third-order valence-corrected chi connectivity index (χ3v) is 16.2. The third-order valence-electron chi connectivity index (χ3n) is 16.2. The molecule has 3 N–H and O–H groups in total. The summed E-state index contributed by atoms with van der Waals surface area (Å²) in [7, 11) is 0. The Morgan fingerprint density at radius 2 is 0.524 bits per heavy atom. The lowest BCUT2D eigenvalue weighted by Crippen LogP contribution is -2.45. The number of carbonyl (C=O) groups excluding carboxylic acids is 1. The predicted molar refractivity (Wildman–Crippen MR) is 377 cm³/mol. The third kappa shape index (κ3) is 69.3. The molecule has 0 bridgehead atoms. The van der Waals surface area contributed by atoms with E-state index in [1.54, 1.807) is 0 Å². The number of nitrogens with one attached hydrogen (secondary N) is 1. The summed E-state index contributed by atoms with van der Waals surface area (Å²) < 4.78 is 0. The molecule has 0 aliphatic carbocycles. The first kappa shape index (κ1) is 80.5. The topological polar surface area (TPSA) is 69.6 Å². The van der Waals surface area contributed by atoms with E-state index in [0.717, 1.165) is 109 Å². The molecule has 0 fully saturated rings. The Kier molecular flexibility index (Phi) is 70.7. The van der Waals surface area contributed by atoms with Crippen LogP contribution in [0.4, 0.5) is 0 Å². The Hall–Kier alpha value is -3.47. The van der Waals surface area contributed by atoms with Gasteiger partial charge in [-0.05, 0) is 96.3 Å². The summed E-state index contributed by atoms with van der Waals surface area (Å²) in [6.45, 7) is 4.26. The fraction of sp³-hybridized carbons (Fsp3) is 0.713. The molecule has 0 aromatic carbocycles. The molecule has 0 radical (unpaired) electrons. The summed E-state index contributed by atoms with van der Waals surface area (Å²) >= 11 is 0. The molecular weight excluding hydrogens is 1020 g/mol. The lowest BCUT2D eigenvalue weighted by atomic mass is 10.0. The second-order valence-electron chi connectivity index (χ2n) is 24.3. The van der Waals surface area contributed by atoms with Gasteiger partial charge in [-0.25, -0.2) is 0 Å². The van der Waals surface area contributed by atoms with E-state index < -0.39 is 12.1 Å². The second-order valence-corrected chi connectivity index (χ2v) is 24.3. The Labute approximate surface area is 523 Å². The van der Waals surface area contributed by atoms with Crippen molar-refractivity contribution < 1.29 is 15.0 Å². The highest BCUT2D eigenvalue weighted by molar-refractivity contribution is 5.76. The van der Waals surface area contributed by atoms with Crippen molar-refractivity contribution in [3.05, 3.63) is 134 Å². The van der Waals surface area contributed by atoms with Gasteiger partial charge < -0.3 is 15.5 Å². The van der Waals surface area contributed by atoms with Crippen molar-refractivity contribution in [2.24, 2.45) is 0 Å². The molecule has 84 heavy (non-hydrogen) atoms. The Morgan fingerprint density at radius 1 is 0.298 bits per heavy atom. The molecule has 0 aliphatic rings. The highest BCUT2D eigenvalue weighted by Gasteiger charge is 2.20. The zero-order valence-corrected chi connectivity index (χ0v) is 55.6. The lowest BCUT2D eigenvalue weighted by molar-refractivity contribution is -0.123. The molecule has 0 heterocycles. The summed E-state index contributed by atoms with van der Waals surface area (Å²) in [4.78, 5) is 12.6. The van der Waals surface area contributed by atoms with Gasteiger partial charge in [-0.2, -0.15) is 0 Å². The largest absolute Gasteiger partial charge is 0.394 e. The average molecular weight is 1160 g/mol. The summed E-state index contributed by atoms with van der Waals surface area (Å²) in [5, 5.41) is 23.5.